The standard InChI is InChI=1S/C20H24N4O2/c1-14-6-5-9-23(12-14)20(26)17-10-15-7-3-4-8-16(15)24(17)18-13-22(2)19(25)11-21-18/h3-4,7-8,11,13-14,17H,5-6,9-10,12H2,1-2H3/t14-,17?/m0/s1. The highest BCUT2D eigenvalue weighted by molar-refractivity contribution is 5.91. The number of fused-ring (bicyclic) bond motifs is 1. The van der Waals surface area contributed by atoms with E-state index in [2.05, 4.69) is 18.0 Å². The number of piperidine rings is 1. The van der Waals surface area contributed by atoms with Crippen molar-refractivity contribution in [2.75, 3.05) is 18.0 Å². The van der Waals surface area contributed by atoms with E-state index in [1.54, 1.807) is 13.2 Å². The lowest BCUT2D eigenvalue weighted by atomic mass is 9.99. The Balaban J connectivity index is 1.72. The van der Waals surface area contributed by atoms with E-state index in [1.807, 2.05) is 28.0 Å². The quantitative estimate of drug-likeness (QED) is 0.831. The lowest BCUT2D eigenvalue weighted by Crippen LogP contribution is -2.49. The third-order valence-corrected chi connectivity index (χ3v) is 5.44. The number of para-hydroxylation sites is 1. The first-order valence-corrected chi connectivity index (χ1v) is 9.23. The molecule has 3 heterocycles. The minimum atomic E-state index is -0.303. The van der Waals surface area contributed by atoms with Crippen molar-refractivity contribution in [3.05, 3.63) is 52.6 Å². The molecule has 1 amide bonds. The highest BCUT2D eigenvalue weighted by Gasteiger charge is 2.39. The smallest absolute Gasteiger partial charge is 0.268 e. The molecule has 0 aliphatic carbocycles. The van der Waals surface area contributed by atoms with E-state index in [0.29, 0.717) is 18.2 Å². The van der Waals surface area contributed by atoms with Gasteiger partial charge in [-0.3, -0.25) is 9.59 Å². The minimum absolute atomic E-state index is 0.156. The van der Waals surface area contributed by atoms with Crippen LogP contribution in [0.1, 0.15) is 25.3 Å². The van der Waals surface area contributed by atoms with E-state index < -0.39 is 0 Å². The van der Waals surface area contributed by atoms with Gasteiger partial charge in [-0.2, -0.15) is 0 Å². The van der Waals surface area contributed by atoms with E-state index in [4.69, 9.17) is 0 Å². The van der Waals surface area contributed by atoms with Crippen LogP contribution in [0.4, 0.5) is 11.5 Å². The Hall–Kier alpha value is -2.63. The Morgan fingerprint density at radius 3 is 2.85 bits per heavy atom. The fourth-order valence-electron chi connectivity index (χ4n) is 4.07. The number of aromatic nitrogens is 2. The maximum absolute atomic E-state index is 13.3. The number of likely N-dealkylation sites (tertiary alicyclic amines) is 1. The zero-order chi connectivity index (χ0) is 18.3. The van der Waals surface area contributed by atoms with Crippen LogP contribution in [0.5, 0.6) is 0 Å². The molecule has 0 radical (unpaired) electrons. The Morgan fingerprint density at radius 2 is 2.08 bits per heavy atom. The second kappa shape index (κ2) is 6.59. The molecule has 2 aliphatic rings. The number of anilines is 2. The summed E-state index contributed by atoms with van der Waals surface area (Å²) in [4.78, 5) is 33.4. The zero-order valence-electron chi connectivity index (χ0n) is 15.3. The van der Waals surface area contributed by atoms with Gasteiger partial charge in [0.2, 0.25) is 5.91 Å². The van der Waals surface area contributed by atoms with Crippen LogP contribution in [0, 0.1) is 5.92 Å². The molecule has 0 bridgehead atoms. The van der Waals surface area contributed by atoms with Gasteiger partial charge in [-0.1, -0.05) is 25.1 Å². The third kappa shape index (κ3) is 2.89. The molecule has 2 atom stereocenters. The Kier molecular flexibility index (Phi) is 4.26. The molecule has 6 heteroatoms. The number of hydrogen-bond donors (Lipinski definition) is 0. The molecule has 26 heavy (non-hydrogen) atoms. The van der Waals surface area contributed by atoms with Gasteiger partial charge in [0, 0.05) is 38.4 Å². The molecule has 1 saturated heterocycles. The lowest BCUT2D eigenvalue weighted by molar-refractivity contribution is -0.134. The predicted molar refractivity (Wildman–Crippen MR) is 101 cm³/mol. The summed E-state index contributed by atoms with van der Waals surface area (Å²) in [5.41, 5.74) is 1.99. The second-order valence-corrected chi connectivity index (χ2v) is 7.44. The lowest BCUT2D eigenvalue weighted by Gasteiger charge is -2.35. The topological polar surface area (TPSA) is 58.4 Å². The second-order valence-electron chi connectivity index (χ2n) is 7.44. The van der Waals surface area contributed by atoms with Crippen LogP contribution in [-0.4, -0.2) is 39.5 Å². The van der Waals surface area contributed by atoms with Gasteiger partial charge < -0.3 is 14.4 Å². The number of carbonyl (C=O) groups excluding carboxylic acids is 1. The maximum atomic E-state index is 13.3. The molecule has 1 fully saturated rings. The van der Waals surface area contributed by atoms with E-state index >= 15 is 0 Å². The summed E-state index contributed by atoms with van der Waals surface area (Å²) in [5.74, 6) is 1.34. The minimum Gasteiger partial charge on any atom is -0.341 e. The molecule has 1 aromatic heterocycles. The first kappa shape index (κ1) is 16.8. The number of rotatable bonds is 2. The van der Waals surface area contributed by atoms with Gasteiger partial charge in [0.15, 0.2) is 0 Å². The van der Waals surface area contributed by atoms with E-state index in [1.165, 1.54) is 17.2 Å². The number of hydrogen-bond acceptors (Lipinski definition) is 4. The zero-order valence-corrected chi connectivity index (χ0v) is 15.3. The predicted octanol–water partition coefficient (Wildman–Crippen LogP) is 2.10. The Bertz CT molecular complexity index is 891. The number of amides is 1. The van der Waals surface area contributed by atoms with Gasteiger partial charge in [-0.15, -0.1) is 0 Å². The van der Waals surface area contributed by atoms with Gasteiger partial charge in [0.1, 0.15) is 11.9 Å². The van der Waals surface area contributed by atoms with Crippen molar-refractivity contribution in [3.8, 4) is 0 Å². The molecule has 4 rings (SSSR count). The molecule has 2 aliphatic heterocycles. The summed E-state index contributed by atoms with van der Waals surface area (Å²) in [5, 5.41) is 0. The van der Waals surface area contributed by atoms with Crippen LogP contribution in [0.25, 0.3) is 0 Å². The van der Waals surface area contributed by atoms with Gasteiger partial charge in [-0.25, -0.2) is 4.98 Å². The van der Waals surface area contributed by atoms with Crippen molar-refractivity contribution in [1.29, 1.82) is 0 Å². The van der Waals surface area contributed by atoms with Crippen LogP contribution in [0.3, 0.4) is 0 Å². The number of carbonyl (C=O) groups is 1. The van der Waals surface area contributed by atoms with Gasteiger partial charge in [0.05, 0.1) is 6.20 Å². The summed E-state index contributed by atoms with van der Waals surface area (Å²) in [7, 11) is 1.71. The monoisotopic (exact) mass is 352 g/mol. The van der Waals surface area contributed by atoms with E-state index in [0.717, 1.165) is 30.8 Å². The van der Waals surface area contributed by atoms with Crippen molar-refractivity contribution in [1.82, 2.24) is 14.5 Å². The van der Waals surface area contributed by atoms with Crippen LogP contribution < -0.4 is 10.5 Å². The molecule has 1 unspecified atom stereocenters. The van der Waals surface area contributed by atoms with Gasteiger partial charge in [-0.05, 0) is 30.4 Å². The van der Waals surface area contributed by atoms with Crippen LogP contribution >= 0.6 is 0 Å². The normalized spacial score (nSPS) is 22.4. The molecule has 0 spiro atoms. The number of benzene rings is 1. The molecule has 136 valence electrons. The molecule has 0 saturated carbocycles. The highest BCUT2D eigenvalue weighted by atomic mass is 16.2. The Labute approximate surface area is 153 Å². The molecule has 2 aromatic rings. The van der Waals surface area contributed by atoms with E-state index in [-0.39, 0.29) is 17.5 Å². The number of nitrogens with zero attached hydrogens (tertiary/aromatic N) is 4. The summed E-state index contributed by atoms with van der Waals surface area (Å²) in [6.45, 7) is 3.85. The molecular weight excluding hydrogens is 328 g/mol. The van der Waals surface area contributed by atoms with Crippen LogP contribution in [0.15, 0.2) is 41.5 Å². The van der Waals surface area contributed by atoms with Crippen LogP contribution in [0.2, 0.25) is 0 Å². The summed E-state index contributed by atoms with van der Waals surface area (Å²) in [6, 6.07) is 7.76. The first-order valence-electron chi connectivity index (χ1n) is 9.23. The maximum Gasteiger partial charge on any atom is 0.268 e. The van der Waals surface area contributed by atoms with Crippen molar-refractivity contribution in [2.24, 2.45) is 13.0 Å². The average Bonchev–Trinajstić information content (AvgIpc) is 3.03. The fraction of sp³-hybridized carbons (Fsp3) is 0.450. The summed E-state index contributed by atoms with van der Waals surface area (Å²) in [6.07, 6.45) is 5.94. The summed E-state index contributed by atoms with van der Waals surface area (Å²) < 4.78 is 1.51. The molecule has 0 N–H and O–H groups in total. The molecular formula is C20H24N4O2. The molecule has 1 aromatic carbocycles. The third-order valence-electron chi connectivity index (χ3n) is 5.44. The highest BCUT2D eigenvalue weighted by Crippen LogP contribution is 2.38. The van der Waals surface area contributed by atoms with Crippen LogP contribution in [-0.2, 0) is 18.3 Å². The van der Waals surface area contributed by atoms with Crippen molar-refractivity contribution in [3.63, 3.8) is 0 Å². The van der Waals surface area contributed by atoms with Crippen molar-refractivity contribution >= 4 is 17.4 Å². The SMILES string of the molecule is C[C@H]1CCCN(C(=O)C2Cc3ccccc3N2c2cn(C)c(=O)cn2)C1. The first-order chi connectivity index (χ1) is 12.5. The molecule has 6 nitrogen and oxygen atoms in total. The Morgan fingerprint density at radius 1 is 1.27 bits per heavy atom. The average molecular weight is 352 g/mol. The van der Waals surface area contributed by atoms with Gasteiger partial charge >= 0.3 is 0 Å². The van der Waals surface area contributed by atoms with Crippen molar-refractivity contribution < 1.29 is 4.79 Å². The van der Waals surface area contributed by atoms with E-state index in [9.17, 15) is 9.59 Å². The number of aryl methyl sites for hydroxylation is 1. The summed E-state index contributed by atoms with van der Waals surface area (Å²) >= 11 is 0. The largest absolute Gasteiger partial charge is 0.341 e. The van der Waals surface area contributed by atoms with Crippen molar-refractivity contribution in [2.45, 2.75) is 32.2 Å². The fourth-order valence-corrected chi connectivity index (χ4v) is 4.07. The van der Waals surface area contributed by atoms with Gasteiger partial charge in [0.25, 0.3) is 5.56 Å².